The molecular weight excluding hydrogens is 232 g/mol. The number of hydrogen-bond acceptors (Lipinski definition) is 4. The Morgan fingerprint density at radius 3 is 3.06 bits per heavy atom. The SMILES string of the molecule is Cc1ccc(O)c(C(=O)Nc2[nH]ncc2C#N)c1. The highest BCUT2D eigenvalue weighted by Gasteiger charge is 2.14. The van der Waals surface area contributed by atoms with Gasteiger partial charge in [-0.25, -0.2) is 0 Å². The van der Waals surface area contributed by atoms with E-state index >= 15 is 0 Å². The molecule has 1 heterocycles. The average molecular weight is 242 g/mol. The summed E-state index contributed by atoms with van der Waals surface area (Å²) in [4.78, 5) is 11.9. The van der Waals surface area contributed by atoms with Crippen LogP contribution >= 0.6 is 0 Å². The number of aryl methyl sites for hydroxylation is 1. The van der Waals surface area contributed by atoms with E-state index in [1.54, 1.807) is 12.1 Å². The molecular formula is C12H10N4O2. The van der Waals surface area contributed by atoms with E-state index in [1.807, 2.05) is 13.0 Å². The van der Waals surface area contributed by atoms with Gasteiger partial charge in [-0.05, 0) is 19.1 Å². The number of anilines is 1. The lowest BCUT2D eigenvalue weighted by Crippen LogP contribution is -2.13. The molecule has 3 N–H and O–H groups in total. The molecule has 0 radical (unpaired) electrons. The highest BCUT2D eigenvalue weighted by Crippen LogP contribution is 2.20. The van der Waals surface area contributed by atoms with E-state index in [4.69, 9.17) is 5.26 Å². The number of rotatable bonds is 2. The number of carbonyl (C=O) groups is 1. The molecule has 2 aromatic rings. The quantitative estimate of drug-likeness (QED) is 0.743. The monoisotopic (exact) mass is 242 g/mol. The van der Waals surface area contributed by atoms with Gasteiger partial charge in [0.1, 0.15) is 23.2 Å². The molecule has 1 aromatic carbocycles. The van der Waals surface area contributed by atoms with E-state index < -0.39 is 5.91 Å². The molecule has 90 valence electrons. The van der Waals surface area contributed by atoms with Crippen LogP contribution < -0.4 is 5.32 Å². The van der Waals surface area contributed by atoms with Gasteiger partial charge < -0.3 is 10.4 Å². The van der Waals surface area contributed by atoms with Gasteiger partial charge in [0, 0.05) is 0 Å². The Morgan fingerprint density at radius 1 is 1.56 bits per heavy atom. The zero-order valence-electron chi connectivity index (χ0n) is 9.56. The molecule has 0 aliphatic carbocycles. The van der Waals surface area contributed by atoms with E-state index in [0.717, 1.165) is 5.56 Å². The first-order valence-corrected chi connectivity index (χ1v) is 5.16. The minimum Gasteiger partial charge on any atom is -0.507 e. The second-order valence-electron chi connectivity index (χ2n) is 3.75. The third-order valence-electron chi connectivity index (χ3n) is 2.40. The normalized spacial score (nSPS) is 9.78. The van der Waals surface area contributed by atoms with Crippen molar-refractivity contribution in [2.24, 2.45) is 0 Å². The number of hydrogen-bond donors (Lipinski definition) is 3. The molecule has 18 heavy (non-hydrogen) atoms. The molecule has 0 spiro atoms. The maximum atomic E-state index is 11.9. The molecule has 0 bridgehead atoms. The summed E-state index contributed by atoms with van der Waals surface area (Å²) in [5.41, 5.74) is 1.23. The van der Waals surface area contributed by atoms with Gasteiger partial charge in [-0.2, -0.15) is 10.4 Å². The largest absolute Gasteiger partial charge is 0.507 e. The Balaban J connectivity index is 2.28. The zero-order chi connectivity index (χ0) is 13.1. The topological polar surface area (TPSA) is 102 Å². The molecule has 0 aliphatic rings. The highest BCUT2D eigenvalue weighted by molar-refractivity contribution is 6.06. The zero-order valence-corrected chi connectivity index (χ0v) is 9.56. The first-order chi connectivity index (χ1) is 8.61. The fraction of sp³-hybridized carbons (Fsp3) is 0.0833. The van der Waals surface area contributed by atoms with Crippen molar-refractivity contribution >= 4 is 11.7 Å². The Labute approximate surface area is 103 Å². The molecule has 0 aliphatic heterocycles. The van der Waals surface area contributed by atoms with E-state index in [1.165, 1.54) is 12.3 Å². The van der Waals surface area contributed by atoms with Crippen molar-refractivity contribution in [3.8, 4) is 11.8 Å². The minimum absolute atomic E-state index is 0.115. The Morgan fingerprint density at radius 2 is 2.33 bits per heavy atom. The van der Waals surface area contributed by atoms with Crippen LogP contribution in [0.25, 0.3) is 0 Å². The van der Waals surface area contributed by atoms with Crippen LogP contribution in [0.2, 0.25) is 0 Å². The van der Waals surface area contributed by atoms with E-state index in [9.17, 15) is 9.90 Å². The number of benzene rings is 1. The van der Waals surface area contributed by atoms with Gasteiger partial charge in [-0.3, -0.25) is 9.89 Å². The number of nitrogens with one attached hydrogen (secondary N) is 2. The van der Waals surface area contributed by atoms with E-state index in [-0.39, 0.29) is 22.7 Å². The summed E-state index contributed by atoms with van der Waals surface area (Å²) in [6, 6.07) is 6.59. The van der Waals surface area contributed by atoms with Crippen molar-refractivity contribution < 1.29 is 9.90 Å². The number of aromatic amines is 1. The van der Waals surface area contributed by atoms with Crippen molar-refractivity contribution in [2.75, 3.05) is 5.32 Å². The molecule has 0 saturated heterocycles. The van der Waals surface area contributed by atoms with Crippen molar-refractivity contribution in [3.63, 3.8) is 0 Å². The van der Waals surface area contributed by atoms with Gasteiger partial charge in [0.2, 0.25) is 0 Å². The van der Waals surface area contributed by atoms with Crippen molar-refractivity contribution in [2.45, 2.75) is 6.92 Å². The molecule has 0 saturated carbocycles. The lowest BCUT2D eigenvalue weighted by atomic mass is 10.1. The van der Waals surface area contributed by atoms with Crippen LogP contribution in [-0.2, 0) is 0 Å². The lowest BCUT2D eigenvalue weighted by molar-refractivity contribution is 0.102. The summed E-state index contributed by atoms with van der Waals surface area (Å²) in [6.45, 7) is 1.81. The fourth-order valence-electron chi connectivity index (χ4n) is 1.48. The number of aromatic nitrogens is 2. The Bertz CT molecular complexity index is 640. The summed E-state index contributed by atoms with van der Waals surface area (Å²) in [7, 11) is 0. The third-order valence-corrected chi connectivity index (χ3v) is 2.40. The molecule has 6 heteroatoms. The van der Waals surface area contributed by atoms with Crippen molar-refractivity contribution in [1.29, 1.82) is 5.26 Å². The summed E-state index contributed by atoms with van der Waals surface area (Å²) in [5.74, 6) is -0.406. The molecule has 1 aromatic heterocycles. The van der Waals surface area contributed by atoms with Gasteiger partial charge in [-0.15, -0.1) is 0 Å². The third kappa shape index (κ3) is 2.15. The van der Waals surface area contributed by atoms with Gasteiger partial charge in [0.05, 0.1) is 11.8 Å². The van der Waals surface area contributed by atoms with Gasteiger partial charge in [0.15, 0.2) is 0 Å². The summed E-state index contributed by atoms with van der Waals surface area (Å²) < 4.78 is 0. The van der Waals surface area contributed by atoms with Crippen LogP contribution in [0.3, 0.4) is 0 Å². The van der Waals surface area contributed by atoms with E-state index in [0.29, 0.717) is 0 Å². The maximum absolute atomic E-state index is 11.9. The standard InChI is InChI=1S/C12H10N4O2/c1-7-2-3-10(17)9(4-7)12(18)15-11-8(5-13)6-14-16-11/h2-4,6,17H,1H3,(H2,14,15,16,18). The first-order valence-electron chi connectivity index (χ1n) is 5.16. The number of aromatic hydroxyl groups is 1. The van der Waals surface area contributed by atoms with Gasteiger partial charge >= 0.3 is 0 Å². The van der Waals surface area contributed by atoms with Crippen LogP contribution in [-0.4, -0.2) is 21.2 Å². The lowest BCUT2D eigenvalue weighted by Gasteiger charge is -2.06. The van der Waals surface area contributed by atoms with Crippen LogP contribution in [0.1, 0.15) is 21.5 Å². The van der Waals surface area contributed by atoms with Crippen LogP contribution in [0, 0.1) is 18.3 Å². The second-order valence-corrected chi connectivity index (χ2v) is 3.75. The van der Waals surface area contributed by atoms with Crippen LogP contribution in [0.5, 0.6) is 5.75 Å². The summed E-state index contributed by atoms with van der Waals surface area (Å²) >= 11 is 0. The first kappa shape index (κ1) is 11.7. The molecule has 0 fully saturated rings. The number of nitriles is 1. The number of phenols is 1. The predicted octanol–water partition coefficient (Wildman–Crippen LogP) is 1.55. The molecule has 2 rings (SSSR count). The highest BCUT2D eigenvalue weighted by atomic mass is 16.3. The summed E-state index contributed by atoms with van der Waals surface area (Å²) in [5, 5.41) is 27.0. The maximum Gasteiger partial charge on any atom is 0.260 e. The Kier molecular flexibility index (Phi) is 2.98. The number of H-pyrrole nitrogens is 1. The second kappa shape index (κ2) is 4.59. The smallest absolute Gasteiger partial charge is 0.260 e. The fourth-order valence-corrected chi connectivity index (χ4v) is 1.48. The van der Waals surface area contributed by atoms with Crippen molar-refractivity contribution in [1.82, 2.24) is 10.2 Å². The minimum atomic E-state index is -0.503. The Hall–Kier alpha value is -2.81. The van der Waals surface area contributed by atoms with Crippen LogP contribution in [0.15, 0.2) is 24.4 Å². The number of carbonyl (C=O) groups excluding carboxylic acids is 1. The molecule has 1 amide bonds. The average Bonchev–Trinajstić information content (AvgIpc) is 2.79. The predicted molar refractivity (Wildman–Crippen MR) is 64.1 cm³/mol. The van der Waals surface area contributed by atoms with Crippen molar-refractivity contribution in [3.05, 3.63) is 41.1 Å². The molecule has 0 atom stereocenters. The van der Waals surface area contributed by atoms with Gasteiger partial charge in [0.25, 0.3) is 5.91 Å². The molecule has 6 nitrogen and oxygen atoms in total. The van der Waals surface area contributed by atoms with Gasteiger partial charge in [-0.1, -0.05) is 11.6 Å². The summed E-state index contributed by atoms with van der Waals surface area (Å²) in [6.07, 6.45) is 1.31. The van der Waals surface area contributed by atoms with Crippen LogP contribution in [0.4, 0.5) is 5.82 Å². The number of amides is 1. The number of phenolic OH excluding ortho intramolecular Hbond substituents is 1. The number of nitrogens with zero attached hydrogens (tertiary/aromatic N) is 2. The van der Waals surface area contributed by atoms with E-state index in [2.05, 4.69) is 15.5 Å². The molecule has 0 unspecified atom stereocenters.